The lowest BCUT2D eigenvalue weighted by molar-refractivity contribution is -0.274. The van der Waals surface area contributed by atoms with E-state index < -0.39 is 12.4 Å². The summed E-state index contributed by atoms with van der Waals surface area (Å²) >= 11 is 5.89. The minimum Gasteiger partial charge on any atom is -0.406 e. The third kappa shape index (κ3) is 4.03. The highest BCUT2D eigenvalue weighted by atomic mass is 35.5. The van der Waals surface area contributed by atoms with E-state index in [0.717, 1.165) is 0 Å². The van der Waals surface area contributed by atoms with Gasteiger partial charge < -0.3 is 16.2 Å². The van der Waals surface area contributed by atoms with E-state index in [2.05, 4.69) is 4.74 Å². The number of nitrogens with two attached hydrogens (primary N) is 2. The highest BCUT2D eigenvalue weighted by Gasteiger charge is 2.31. The van der Waals surface area contributed by atoms with Crippen LogP contribution in [0.5, 0.6) is 5.75 Å². The van der Waals surface area contributed by atoms with Gasteiger partial charge in [-0.25, -0.2) is 0 Å². The van der Waals surface area contributed by atoms with Gasteiger partial charge in [0.05, 0.1) is 6.04 Å². The lowest BCUT2D eigenvalue weighted by Gasteiger charge is -2.16. The van der Waals surface area contributed by atoms with Gasteiger partial charge in [-0.05, 0) is 41.5 Å². The summed E-state index contributed by atoms with van der Waals surface area (Å²) in [5.41, 5.74) is 13.6. The van der Waals surface area contributed by atoms with E-state index in [9.17, 15) is 13.2 Å². The first-order valence-corrected chi connectivity index (χ1v) is 6.30. The molecule has 0 bridgehead atoms. The van der Waals surface area contributed by atoms with Crippen LogP contribution in [0.15, 0.2) is 42.5 Å². The number of halogens is 4. The molecule has 0 spiro atoms. The number of hydrogen-bond donors (Lipinski definition) is 2. The first-order chi connectivity index (χ1) is 9.76. The van der Waals surface area contributed by atoms with Crippen LogP contribution in [-0.2, 0) is 0 Å². The van der Waals surface area contributed by atoms with Crippen LogP contribution in [0.4, 0.5) is 18.9 Å². The maximum atomic E-state index is 12.1. The molecule has 21 heavy (non-hydrogen) atoms. The quantitative estimate of drug-likeness (QED) is 0.845. The van der Waals surface area contributed by atoms with E-state index in [4.69, 9.17) is 23.1 Å². The Morgan fingerprint density at radius 3 is 2.24 bits per heavy atom. The number of hydrogen-bond acceptors (Lipinski definition) is 3. The predicted molar refractivity (Wildman–Crippen MR) is 75.0 cm³/mol. The van der Waals surface area contributed by atoms with Gasteiger partial charge in [0.1, 0.15) is 5.75 Å². The smallest absolute Gasteiger partial charge is 0.406 e. The molecule has 3 nitrogen and oxygen atoms in total. The summed E-state index contributed by atoms with van der Waals surface area (Å²) in [6.45, 7) is 0. The summed E-state index contributed by atoms with van der Waals surface area (Å²) < 4.78 is 40.1. The summed E-state index contributed by atoms with van der Waals surface area (Å²) in [6.07, 6.45) is -4.72. The Hall–Kier alpha value is -1.92. The lowest BCUT2D eigenvalue weighted by atomic mass is 9.98. The number of ether oxygens (including phenoxy) is 1. The van der Waals surface area contributed by atoms with Crippen LogP contribution in [0, 0.1) is 0 Å². The average molecular weight is 317 g/mol. The normalized spacial score (nSPS) is 13.0. The van der Waals surface area contributed by atoms with Crippen LogP contribution >= 0.6 is 11.6 Å². The van der Waals surface area contributed by atoms with E-state index in [0.29, 0.717) is 21.8 Å². The first-order valence-electron chi connectivity index (χ1n) is 5.92. The molecule has 0 aliphatic heterocycles. The van der Waals surface area contributed by atoms with Crippen molar-refractivity contribution in [3.05, 3.63) is 58.6 Å². The first kappa shape index (κ1) is 15.5. The molecule has 0 fully saturated rings. The van der Waals surface area contributed by atoms with E-state index >= 15 is 0 Å². The molecule has 1 atom stereocenters. The van der Waals surface area contributed by atoms with Gasteiger partial charge in [-0.3, -0.25) is 0 Å². The van der Waals surface area contributed by atoms with Crippen LogP contribution in [0.1, 0.15) is 17.2 Å². The third-order valence-corrected chi connectivity index (χ3v) is 3.09. The molecule has 0 radical (unpaired) electrons. The van der Waals surface area contributed by atoms with Crippen molar-refractivity contribution in [3.63, 3.8) is 0 Å². The number of rotatable bonds is 3. The van der Waals surface area contributed by atoms with Gasteiger partial charge in [0.25, 0.3) is 0 Å². The second-order valence-electron chi connectivity index (χ2n) is 4.37. The Bertz CT molecular complexity index is 629. The van der Waals surface area contributed by atoms with Gasteiger partial charge in [0.2, 0.25) is 0 Å². The minimum absolute atomic E-state index is 0.308. The molecule has 0 aliphatic carbocycles. The SMILES string of the molecule is Nc1ccc(Cl)cc1[C@H](N)c1ccc(OC(F)(F)F)cc1. The van der Waals surface area contributed by atoms with Crippen molar-refractivity contribution in [1.29, 1.82) is 0 Å². The fourth-order valence-corrected chi connectivity index (χ4v) is 2.05. The van der Waals surface area contributed by atoms with Crippen molar-refractivity contribution in [2.75, 3.05) is 5.73 Å². The molecule has 0 heterocycles. The average Bonchev–Trinajstić information content (AvgIpc) is 2.40. The number of nitrogen functional groups attached to an aromatic ring is 1. The van der Waals surface area contributed by atoms with Crippen molar-refractivity contribution in [2.24, 2.45) is 5.73 Å². The molecule has 0 amide bonds. The van der Waals surface area contributed by atoms with Crippen LogP contribution in [0.2, 0.25) is 5.02 Å². The zero-order chi connectivity index (χ0) is 15.6. The van der Waals surface area contributed by atoms with E-state index in [1.165, 1.54) is 24.3 Å². The topological polar surface area (TPSA) is 61.3 Å². The highest BCUT2D eigenvalue weighted by molar-refractivity contribution is 6.30. The maximum absolute atomic E-state index is 12.1. The number of alkyl halides is 3. The second-order valence-corrected chi connectivity index (χ2v) is 4.80. The summed E-state index contributed by atoms with van der Waals surface area (Å²) in [4.78, 5) is 0. The van der Waals surface area contributed by atoms with Crippen molar-refractivity contribution in [2.45, 2.75) is 12.4 Å². The van der Waals surface area contributed by atoms with Crippen molar-refractivity contribution >= 4 is 17.3 Å². The Morgan fingerprint density at radius 1 is 1.05 bits per heavy atom. The predicted octanol–water partition coefficient (Wildman–Crippen LogP) is 3.87. The standard InChI is InChI=1S/C14H12ClF3N2O/c15-9-3-6-12(19)11(7-9)13(20)8-1-4-10(5-2-8)21-14(16,17)18/h1-7,13H,19-20H2/t13-/m1/s1. The molecule has 112 valence electrons. The molecule has 0 aliphatic rings. The monoisotopic (exact) mass is 316 g/mol. The largest absolute Gasteiger partial charge is 0.573 e. The molecule has 0 saturated heterocycles. The van der Waals surface area contributed by atoms with Gasteiger partial charge in [0.15, 0.2) is 0 Å². The van der Waals surface area contributed by atoms with E-state index in [-0.39, 0.29) is 5.75 Å². The summed E-state index contributed by atoms with van der Waals surface area (Å²) in [5.74, 6) is -0.308. The minimum atomic E-state index is -4.72. The third-order valence-electron chi connectivity index (χ3n) is 2.86. The Kier molecular flexibility index (Phi) is 4.29. The zero-order valence-electron chi connectivity index (χ0n) is 10.7. The summed E-state index contributed by atoms with van der Waals surface area (Å²) in [7, 11) is 0. The van der Waals surface area contributed by atoms with Crippen LogP contribution in [-0.4, -0.2) is 6.36 Å². The van der Waals surface area contributed by atoms with Gasteiger partial charge in [-0.2, -0.15) is 0 Å². The van der Waals surface area contributed by atoms with Gasteiger partial charge >= 0.3 is 6.36 Å². The highest BCUT2D eigenvalue weighted by Crippen LogP contribution is 2.29. The summed E-state index contributed by atoms with van der Waals surface area (Å²) in [5, 5.41) is 0.478. The molecule has 7 heteroatoms. The van der Waals surface area contributed by atoms with Crippen LogP contribution in [0.25, 0.3) is 0 Å². The summed E-state index contributed by atoms with van der Waals surface area (Å²) in [6, 6.07) is 9.59. The molecule has 2 aromatic carbocycles. The molecular formula is C14H12ClF3N2O. The lowest BCUT2D eigenvalue weighted by Crippen LogP contribution is -2.17. The molecule has 0 aromatic heterocycles. The van der Waals surface area contributed by atoms with Gasteiger partial charge in [-0.1, -0.05) is 23.7 Å². The van der Waals surface area contributed by atoms with Crippen molar-refractivity contribution in [1.82, 2.24) is 0 Å². The number of anilines is 1. The Balaban J connectivity index is 2.24. The molecular weight excluding hydrogens is 305 g/mol. The van der Waals surface area contributed by atoms with Gasteiger partial charge in [0, 0.05) is 10.7 Å². The fourth-order valence-electron chi connectivity index (χ4n) is 1.87. The maximum Gasteiger partial charge on any atom is 0.573 e. The Labute approximate surface area is 124 Å². The van der Waals surface area contributed by atoms with Crippen LogP contribution in [0.3, 0.4) is 0 Å². The number of benzene rings is 2. The zero-order valence-corrected chi connectivity index (χ0v) is 11.4. The van der Waals surface area contributed by atoms with Crippen LogP contribution < -0.4 is 16.2 Å². The molecule has 2 aromatic rings. The van der Waals surface area contributed by atoms with Crippen molar-refractivity contribution in [3.8, 4) is 5.75 Å². The Morgan fingerprint density at radius 2 is 1.67 bits per heavy atom. The van der Waals surface area contributed by atoms with E-state index in [1.54, 1.807) is 18.2 Å². The van der Waals surface area contributed by atoms with E-state index in [1.807, 2.05) is 0 Å². The molecule has 2 rings (SSSR count). The van der Waals surface area contributed by atoms with Crippen molar-refractivity contribution < 1.29 is 17.9 Å². The molecule has 0 saturated carbocycles. The van der Waals surface area contributed by atoms with Gasteiger partial charge in [-0.15, -0.1) is 13.2 Å². The molecule has 4 N–H and O–H groups in total. The second kappa shape index (κ2) is 5.83. The fraction of sp³-hybridized carbons (Fsp3) is 0.143. The molecule has 0 unspecified atom stereocenters.